The van der Waals surface area contributed by atoms with Gasteiger partial charge in [0.15, 0.2) is 0 Å². The Balaban J connectivity index is 1.98. The van der Waals surface area contributed by atoms with E-state index in [-0.39, 0.29) is 5.78 Å². The first kappa shape index (κ1) is 15.9. The van der Waals surface area contributed by atoms with Crippen LogP contribution >= 0.6 is 0 Å². The fraction of sp³-hybridized carbons (Fsp3) is 0.312. The molecule has 0 aliphatic heterocycles. The van der Waals surface area contributed by atoms with Crippen molar-refractivity contribution in [3.8, 4) is 0 Å². The maximum atomic E-state index is 11.9. The summed E-state index contributed by atoms with van der Waals surface area (Å²) < 4.78 is 6.65. The van der Waals surface area contributed by atoms with Crippen molar-refractivity contribution in [1.82, 2.24) is 14.8 Å². The van der Waals surface area contributed by atoms with Crippen molar-refractivity contribution in [1.29, 1.82) is 0 Å². The van der Waals surface area contributed by atoms with Crippen LogP contribution in [-0.4, -0.2) is 47.9 Å². The molecule has 2 aromatic rings. The van der Waals surface area contributed by atoms with E-state index in [1.54, 1.807) is 43.4 Å². The highest BCUT2D eigenvalue weighted by Crippen LogP contribution is 2.11. The van der Waals surface area contributed by atoms with E-state index in [0.29, 0.717) is 12.3 Å². The topological polar surface area (TPSA) is 60.2 Å². The molecule has 0 unspecified atom stereocenters. The predicted molar refractivity (Wildman–Crippen MR) is 86.0 cm³/mol. The minimum atomic E-state index is -0.123. The van der Waals surface area contributed by atoms with Gasteiger partial charge in [-0.2, -0.15) is 5.10 Å². The lowest BCUT2D eigenvalue weighted by Crippen LogP contribution is -2.22. The van der Waals surface area contributed by atoms with Crippen molar-refractivity contribution >= 4 is 17.7 Å². The van der Waals surface area contributed by atoms with Gasteiger partial charge in [-0.15, -0.1) is 0 Å². The molecule has 0 aliphatic carbocycles. The Morgan fingerprint density at radius 2 is 2.23 bits per heavy atom. The van der Waals surface area contributed by atoms with Gasteiger partial charge in [-0.1, -0.05) is 0 Å². The molecule has 0 aromatic carbocycles. The predicted octanol–water partition coefficient (Wildman–Crippen LogP) is 1.79. The molecule has 0 amide bonds. The quantitative estimate of drug-likeness (QED) is 0.576. The third kappa shape index (κ3) is 4.26. The molecular formula is C16H20N4O2. The van der Waals surface area contributed by atoms with Crippen molar-refractivity contribution in [3.63, 3.8) is 0 Å². The third-order valence-corrected chi connectivity index (χ3v) is 3.19. The third-order valence-electron chi connectivity index (χ3n) is 3.19. The van der Waals surface area contributed by atoms with E-state index in [9.17, 15) is 4.79 Å². The van der Waals surface area contributed by atoms with Gasteiger partial charge in [-0.25, -0.2) is 4.98 Å². The van der Waals surface area contributed by atoms with Crippen molar-refractivity contribution in [2.75, 3.05) is 32.2 Å². The first-order valence-electron chi connectivity index (χ1n) is 6.98. The lowest BCUT2D eigenvalue weighted by molar-refractivity contribution is 0.104. The van der Waals surface area contributed by atoms with Gasteiger partial charge in [0.1, 0.15) is 11.5 Å². The number of ketones is 1. The molecule has 0 fully saturated rings. The van der Waals surface area contributed by atoms with Crippen LogP contribution in [0.1, 0.15) is 16.1 Å². The van der Waals surface area contributed by atoms with Gasteiger partial charge in [-0.05, 0) is 35.9 Å². The Bertz CT molecular complexity index is 646. The fourth-order valence-electron chi connectivity index (χ4n) is 1.87. The van der Waals surface area contributed by atoms with E-state index in [1.165, 1.54) is 6.08 Å². The van der Waals surface area contributed by atoms with Crippen LogP contribution in [0.15, 0.2) is 36.7 Å². The molecule has 0 N–H and O–H groups in total. The summed E-state index contributed by atoms with van der Waals surface area (Å²) in [4.78, 5) is 18.3. The van der Waals surface area contributed by atoms with E-state index in [2.05, 4.69) is 10.1 Å². The Kier molecular flexibility index (Phi) is 5.43. The maximum Gasteiger partial charge on any atom is 0.206 e. The first-order valence-corrected chi connectivity index (χ1v) is 6.98. The maximum absolute atomic E-state index is 11.9. The number of ether oxygens (including phenoxy) is 1. The number of aromatic nitrogens is 3. The summed E-state index contributed by atoms with van der Waals surface area (Å²) >= 11 is 0. The number of allylic oxidation sites excluding steroid dienone is 1. The second-order valence-corrected chi connectivity index (χ2v) is 4.94. The number of nitrogens with zero attached hydrogens (tertiary/aromatic N) is 4. The normalized spacial score (nSPS) is 11.0. The van der Waals surface area contributed by atoms with Crippen molar-refractivity contribution in [3.05, 3.63) is 47.9 Å². The highest BCUT2D eigenvalue weighted by atomic mass is 16.5. The number of carbonyl (C=O) groups is 1. The second-order valence-electron chi connectivity index (χ2n) is 4.94. The summed E-state index contributed by atoms with van der Waals surface area (Å²) in [5.41, 5.74) is 1.30. The molecule has 0 spiro atoms. The van der Waals surface area contributed by atoms with E-state index in [4.69, 9.17) is 4.74 Å². The van der Waals surface area contributed by atoms with Gasteiger partial charge >= 0.3 is 0 Å². The highest BCUT2D eigenvalue weighted by molar-refractivity contribution is 6.05. The zero-order valence-electron chi connectivity index (χ0n) is 13.1. The first-order chi connectivity index (χ1) is 10.6. The second kappa shape index (κ2) is 7.51. The molecule has 0 saturated heterocycles. The molecule has 2 aromatic heterocycles. The fourth-order valence-corrected chi connectivity index (χ4v) is 1.87. The number of anilines is 1. The molecule has 0 saturated carbocycles. The lowest BCUT2D eigenvalue weighted by atomic mass is 10.2. The van der Waals surface area contributed by atoms with Crippen molar-refractivity contribution in [2.45, 2.75) is 0 Å². The van der Waals surface area contributed by atoms with Crippen LogP contribution in [-0.2, 0) is 11.8 Å². The van der Waals surface area contributed by atoms with Gasteiger partial charge in [0.2, 0.25) is 5.78 Å². The minimum Gasteiger partial charge on any atom is -0.383 e. The van der Waals surface area contributed by atoms with Crippen LogP contribution < -0.4 is 4.90 Å². The zero-order chi connectivity index (χ0) is 15.9. The molecule has 0 radical (unpaired) electrons. The minimum absolute atomic E-state index is 0.123. The standard InChI is InChI=1S/C16H20N4O2/c1-19(10-11-22-3)16-7-5-13(12-17-16)4-6-15(21)14-8-9-20(2)18-14/h4-9,12H,10-11H2,1-3H3. The summed E-state index contributed by atoms with van der Waals surface area (Å²) in [7, 11) is 5.42. The van der Waals surface area contributed by atoms with Gasteiger partial charge in [0, 0.05) is 40.1 Å². The summed E-state index contributed by atoms with van der Waals surface area (Å²) in [6, 6.07) is 5.53. The molecule has 6 nitrogen and oxygen atoms in total. The SMILES string of the molecule is COCCN(C)c1ccc(C=CC(=O)c2ccn(C)n2)cn1. The molecule has 116 valence electrons. The number of carbonyl (C=O) groups excluding carboxylic acids is 1. The largest absolute Gasteiger partial charge is 0.383 e. The Hall–Kier alpha value is -2.47. The molecule has 2 heterocycles. The molecule has 0 aliphatic rings. The van der Waals surface area contributed by atoms with Crippen LogP contribution in [0, 0.1) is 0 Å². The van der Waals surface area contributed by atoms with Gasteiger partial charge < -0.3 is 9.64 Å². The van der Waals surface area contributed by atoms with Gasteiger partial charge in [0.05, 0.1) is 6.61 Å². The molecule has 22 heavy (non-hydrogen) atoms. The summed E-state index contributed by atoms with van der Waals surface area (Å²) in [6.45, 7) is 1.43. The van der Waals surface area contributed by atoms with Crippen LogP contribution in [0.3, 0.4) is 0 Å². The molecule has 6 heteroatoms. The molecular weight excluding hydrogens is 280 g/mol. The lowest BCUT2D eigenvalue weighted by Gasteiger charge is -2.17. The van der Waals surface area contributed by atoms with Crippen LogP contribution in [0.2, 0.25) is 0 Å². The summed E-state index contributed by atoms with van der Waals surface area (Å²) in [5, 5.41) is 4.07. The number of aryl methyl sites for hydroxylation is 1. The average molecular weight is 300 g/mol. The summed E-state index contributed by atoms with van der Waals surface area (Å²) in [6.07, 6.45) is 6.73. The molecule has 2 rings (SSSR count). The Labute approximate surface area is 130 Å². The number of likely N-dealkylation sites (N-methyl/N-ethyl adjacent to an activating group) is 1. The van der Waals surface area contributed by atoms with E-state index in [1.807, 2.05) is 24.1 Å². The number of pyridine rings is 1. The highest BCUT2D eigenvalue weighted by Gasteiger charge is 2.05. The van der Waals surface area contributed by atoms with Gasteiger partial charge in [0.25, 0.3) is 0 Å². The van der Waals surface area contributed by atoms with Crippen LogP contribution in [0.5, 0.6) is 0 Å². The van der Waals surface area contributed by atoms with Crippen LogP contribution in [0.4, 0.5) is 5.82 Å². The smallest absolute Gasteiger partial charge is 0.206 e. The van der Waals surface area contributed by atoms with E-state index >= 15 is 0 Å². The van der Waals surface area contributed by atoms with Gasteiger partial charge in [-0.3, -0.25) is 9.48 Å². The van der Waals surface area contributed by atoms with Crippen molar-refractivity contribution < 1.29 is 9.53 Å². The summed E-state index contributed by atoms with van der Waals surface area (Å²) in [5.74, 6) is 0.743. The Morgan fingerprint density at radius 3 is 2.82 bits per heavy atom. The molecule has 0 bridgehead atoms. The number of rotatable bonds is 7. The van der Waals surface area contributed by atoms with Crippen LogP contribution in [0.25, 0.3) is 6.08 Å². The number of hydrogen-bond acceptors (Lipinski definition) is 5. The van der Waals surface area contributed by atoms with Crippen molar-refractivity contribution in [2.24, 2.45) is 7.05 Å². The zero-order valence-corrected chi connectivity index (χ0v) is 13.1. The molecule has 0 atom stereocenters. The Morgan fingerprint density at radius 1 is 1.41 bits per heavy atom. The average Bonchev–Trinajstić information content (AvgIpc) is 2.97. The monoisotopic (exact) mass is 300 g/mol. The number of methoxy groups -OCH3 is 1. The van der Waals surface area contributed by atoms with E-state index < -0.39 is 0 Å². The number of hydrogen-bond donors (Lipinski definition) is 0. The van der Waals surface area contributed by atoms with E-state index in [0.717, 1.165) is 17.9 Å².